The highest BCUT2D eigenvalue weighted by atomic mass is 16.5. The van der Waals surface area contributed by atoms with E-state index < -0.39 is 0 Å². The fourth-order valence-corrected chi connectivity index (χ4v) is 2.70. The van der Waals surface area contributed by atoms with E-state index in [0.29, 0.717) is 45.9 Å². The summed E-state index contributed by atoms with van der Waals surface area (Å²) in [5.74, 6) is 0.684. The summed E-state index contributed by atoms with van der Waals surface area (Å²) in [6, 6.07) is 8.01. The zero-order valence-electron chi connectivity index (χ0n) is 18.6. The standard InChI is InChI=1S/C23H39NO6/c1-20(24)21-9-7-10-22(19-21)30-14-6-4-3-5-12-27-15-17-29-18-16-28-13-8-11-23(25)26-2/h7,9-10,19-20H,3-6,8,11-18,24H2,1-2H3/t20-/m1/s1. The van der Waals surface area contributed by atoms with Gasteiger partial charge in [0.1, 0.15) is 5.75 Å². The van der Waals surface area contributed by atoms with Crippen LogP contribution in [0, 0.1) is 0 Å². The lowest BCUT2D eigenvalue weighted by Gasteiger charge is -2.10. The van der Waals surface area contributed by atoms with Crippen LogP contribution in [0.3, 0.4) is 0 Å². The summed E-state index contributed by atoms with van der Waals surface area (Å²) in [4.78, 5) is 10.9. The Balaban J connectivity index is 1.80. The summed E-state index contributed by atoms with van der Waals surface area (Å²) in [7, 11) is 1.39. The third-order valence-corrected chi connectivity index (χ3v) is 4.48. The van der Waals surface area contributed by atoms with Crippen molar-refractivity contribution in [2.75, 3.05) is 53.4 Å². The predicted octanol–water partition coefficient (Wildman–Crippen LogP) is 3.65. The number of unbranched alkanes of at least 4 members (excludes halogenated alkanes) is 3. The maximum atomic E-state index is 10.9. The Morgan fingerprint density at radius 2 is 1.47 bits per heavy atom. The first-order valence-corrected chi connectivity index (χ1v) is 10.9. The van der Waals surface area contributed by atoms with Crippen molar-refractivity contribution in [1.29, 1.82) is 0 Å². The lowest BCUT2D eigenvalue weighted by molar-refractivity contribution is -0.141. The first kappa shape index (κ1) is 26.4. The fraction of sp³-hybridized carbons (Fsp3) is 0.696. The topological polar surface area (TPSA) is 89.2 Å². The van der Waals surface area contributed by atoms with E-state index in [1.54, 1.807) is 0 Å². The number of nitrogens with two attached hydrogens (primary N) is 1. The molecule has 2 N–H and O–H groups in total. The molecular weight excluding hydrogens is 386 g/mol. The lowest BCUT2D eigenvalue weighted by atomic mass is 10.1. The molecule has 0 aromatic heterocycles. The van der Waals surface area contributed by atoms with E-state index in [1.165, 1.54) is 7.11 Å². The van der Waals surface area contributed by atoms with Crippen LogP contribution >= 0.6 is 0 Å². The minimum Gasteiger partial charge on any atom is -0.494 e. The van der Waals surface area contributed by atoms with E-state index in [1.807, 2.05) is 31.2 Å². The Labute approximate surface area is 181 Å². The van der Waals surface area contributed by atoms with Crippen molar-refractivity contribution in [3.05, 3.63) is 29.8 Å². The molecule has 0 amide bonds. The average Bonchev–Trinajstić information content (AvgIpc) is 2.75. The summed E-state index contributed by atoms with van der Waals surface area (Å²) in [6.45, 7) is 6.22. The molecule has 0 saturated heterocycles. The molecule has 0 bridgehead atoms. The minimum absolute atomic E-state index is 0.0246. The molecule has 0 aliphatic carbocycles. The number of ether oxygens (including phenoxy) is 5. The van der Waals surface area contributed by atoms with Gasteiger partial charge in [0, 0.05) is 25.7 Å². The van der Waals surface area contributed by atoms with Crippen molar-refractivity contribution in [3.8, 4) is 5.75 Å². The molecular formula is C23H39NO6. The molecule has 0 saturated carbocycles. The normalized spacial score (nSPS) is 12.0. The van der Waals surface area contributed by atoms with Crippen molar-refractivity contribution in [2.45, 2.75) is 51.5 Å². The number of hydrogen-bond donors (Lipinski definition) is 1. The van der Waals surface area contributed by atoms with Crippen LogP contribution in [0.2, 0.25) is 0 Å². The van der Waals surface area contributed by atoms with Gasteiger partial charge in [-0.3, -0.25) is 4.79 Å². The monoisotopic (exact) mass is 425 g/mol. The molecule has 0 aliphatic rings. The van der Waals surface area contributed by atoms with Crippen molar-refractivity contribution in [1.82, 2.24) is 0 Å². The van der Waals surface area contributed by atoms with Gasteiger partial charge in [0.15, 0.2) is 0 Å². The largest absolute Gasteiger partial charge is 0.494 e. The van der Waals surface area contributed by atoms with Crippen molar-refractivity contribution in [3.63, 3.8) is 0 Å². The van der Waals surface area contributed by atoms with Gasteiger partial charge >= 0.3 is 5.97 Å². The SMILES string of the molecule is COC(=O)CCCOCCOCCOCCCCCCOc1cccc([C@@H](C)N)c1. The fourth-order valence-electron chi connectivity index (χ4n) is 2.70. The van der Waals surface area contributed by atoms with Gasteiger partial charge in [0.25, 0.3) is 0 Å². The van der Waals surface area contributed by atoms with E-state index in [9.17, 15) is 4.79 Å². The van der Waals surface area contributed by atoms with E-state index in [2.05, 4.69) is 4.74 Å². The number of benzene rings is 1. The number of carbonyl (C=O) groups excluding carboxylic acids is 1. The number of rotatable bonds is 19. The molecule has 0 radical (unpaired) electrons. The van der Waals surface area contributed by atoms with Gasteiger partial charge in [-0.2, -0.15) is 0 Å². The van der Waals surface area contributed by atoms with Crippen LogP contribution < -0.4 is 10.5 Å². The average molecular weight is 426 g/mol. The van der Waals surface area contributed by atoms with Gasteiger partial charge in [0.2, 0.25) is 0 Å². The molecule has 172 valence electrons. The Hall–Kier alpha value is -1.67. The Kier molecular flexibility index (Phi) is 15.9. The Bertz CT molecular complexity index is 552. The van der Waals surface area contributed by atoms with Gasteiger partial charge in [-0.05, 0) is 50.3 Å². The molecule has 1 aromatic rings. The number of methoxy groups -OCH3 is 1. The van der Waals surface area contributed by atoms with Crippen LogP contribution in [-0.4, -0.2) is 59.3 Å². The van der Waals surface area contributed by atoms with Gasteiger partial charge in [-0.25, -0.2) is 0 Å². The molecule has 7 nitrogen and oxygen atoms in total. The van der Waals surface area contributed by atoms with E-state index in [4.69, 9.17) is 24.7 Å². The summed E-state index contributed by atoms with van der Waals surface area (Å²) >= 11 is 0. The summed E-state index contributed by atoms with van der Waals surface area (Å²) < 4.78 is 26.7. The van der Waals surface area contributed by atoms with Crippen LogP contribution in [0.5, 0.6) is 5.75 Å². The summed E-state index contributed by atoms with van der Waals surface area (Å²) in [5, 5.41) is 0. The number of esters is 1. The van der Waals surface area contributed by atoms with Crippen molar-refractivity contribution >= 4 is 5.97 Å². The lowest BCUT2D eigenvalue weighted by Crippen LogP contribution is -2.11. The molecule has 0 unspecified atom stereocenters. The second-order valence-electron chi connectivity index (χ2n) is 7.14. The van der Waals surface area contributed by atoms with Crippen molar-refractivity contribution < 1.29 is 28.5 Å². The summed E-state index contributed by atoms with van der Waals surface area (Å²) in [5.41, 5.74) is 6.99. The van der Waals surface area contributed by atoms with E-state index in [-0.39, 0.29) is 12.0 Å². The molecule has 0 spiro atoms. The van der Waals surface area contributed by atoms with Crippen molar-refractivity contribution in [2.24, 2.45) is 5.73 Å². The molecule has 1 aromatic carbocycles. The second kappa shape index (κ2) is 18.1. The molecule has 0 fully saturated rings. The van der Waals surface area contributed by atoms with Gasteiger partial charge in [0.05, 0.1) is 40.1 Å². The maximum Gasteiger partial charge on any atom is 0.305 e. The van der Waals surface area contributed by atoms with Crippen LogP contribution in [0.1, 0.15) is 57.1 Å². The third kappa shape index (κ3) is 14.3. The highest BCUT2D eigenvalue weighted by molar-refractivity contribution is 5.68. The van der Waals surface area contributed by atoms with Gasteiger partial charge in [-0.1, -0.05) is 18.6 Å². The molecule has 30 heavy (non-hydrogen) atoms. The maximum absolute atomic E-state index is 10.9. The minimum atomic E-state index is -0.205. The third-order valence-electron chi connectivity index (χ3n) is 4.48. The number of carbonyl (C=O) groups is 1. The zero-order valence-corrected chi connectivity index (χ0v) is 18.6. The van der Waals surface area contributed by atoms with Crippen LogP contribution in [0.25, 0.3) is 0 Å². The number of hydrogen-bond acceptors (Lipinski definition) is 7. The second-order valence-corrected chi connectivity index (χ2v) is 7.14. The quantitative estimate of drug-likeness (QED) is 0.267. The Morgan fingerprint density at radius 3 is 2.10 bits per heavy atom. The van der Waals surface area contributed by atoms with Crippen LogP contribution in [-0.2, 0) is 23.7 Å². The molecule has 1 atom stereocenters. The summed E-state index contributed by atoms with van der Waals surface area (Å²) in [6.07, 6.45) is 5.39. The van der Waals surface area contributed by atoms with Gasteiger partial charge < -0.3 is 29.4 Å². The first-order chi connectivity index (χ1) is 14.6. The first-order valence-electron chi connectivity index (χ1n) is 10.9. The zero-order chi connectivity index (χ0) is 21.9. The van der Waals surface area contributed by atoms with Crippen LogP contribution in [0.15, 0.2) is 24.3 Å². The predicted molar refractivity (Wildman–Crippen MR) is 117 cm³/mol. The molecule has 0 aliphatic heterocycles. The molecule has 7 heteroatoms. The molecule has 1 rings (SSSR count). The van der Waals surface area contributed by atoms with E-state index in [0.717, 1.165) is 50.2 Å². The highest BCUT2D eigenvalue weighted by Gasteiger charge is 2.01. The van der Waals surface area contributed by atoms with E-state index >= 15 is 0 Å². The Morgan fingerprint density at radius 1 is 0.867 bits per heavy atom. The van der Waals surface area contributed by atoms with Gasteiger partial charge in [-0.15, -0.1) is 0 Å². The highest BCUT2D eigenvalue weighted by Crippen LogP contribution is 2.18. The smallest absolute Gasteiger partial charge is 0.305 e. The van der Waals surface area contributed by atoms with Crippen LogP contribution in [0.4, 0.5) is 0 Å². The molecule has 0 heterocycles.